The molecule has 2 unspecified atom stereocenters. The predicted octanol–water partition coefficient (Wildman–Crippen LogP) is 6.60. The maximum absolute atomic E-state index is 2.32. The first-order chi connectivity index (χ1) is 8.21. The minimum absolute atomic E-state index is 0.547. The summed E-state index contributed by atoms with van der Waals surface area (Å²) >= 11 is 3.74. The van der Waals surface area contributed by atoms with E-state index in [2.05, 4.69) is 83.1 Å². The molecule has 0 saturated heterocycles. The van der Waals surface area contributed by atoms with Gasteiger partial charge in [-0.3, -0.25) is 0 Å². The van der Waals surface area contributed by atoms with Gasteiger partial charge in [0.05, 0.1) is 0 Å². The van der Waals surface area contributed by atoms with Crippen molar-refractivity contribution >= 4 is 62.6 Å². The second-order valence-electron chi connectivity index (χ2n) is 9.09. The van der Waals surface area contributed by atoms with Crippen LogP contribution < -0.4 is 0 Å². The van der Waals surface area contributed by atoms with E-state index in [-0.39, 0.29) is 0 Å². The molecular weight excluding hydrogens is 498 g/mol. The van der Waals surface area contributed by atoms with Crippen LogP contribution in [0.25, 0.3) is 0 Å². The third kappa shape index (κ3) is 86.4. The van der Waals surface area contributed by atoms with Gasteiger partial charge in [0, 0.05) is 0 Å². The van der Waals surface area contributed by atoms with Crippen LogP contribution in [0.2, 0.25) is 6.72 Å². The zero-order valence-electron chi connectivity index (χ0n) is 15.9. The average Bonchev–Trinajstić information content (AvgIpc) is 1.90. The van der Waals surface area contributed by atoms with E-state index in [1.807, 2.05) is 46.0 Å². The SMILES string of the molecule is CC(C)(C)PPC(C)(C)C.C[C](C)(C)[Sb].C[C](C)(C)[Sb]. The zero-order valence-corrected chi connectivity index (χ0v) is 23.0. The molecule has 0 nitrogen and oxygen atoms in total. The summed E-state index contributed by atoms with van der Waals surface area (Å²) in [5, 5.41) is 1.09. The van der Waals surface area contributed by atoms with Crippen LogP contribution in [0, 0.1) is 0 Å². The van der Waals surface area contributed by atoms with Gasteiger partial charge < -0.3 is 0 Å². The molecule has 0 heterocycles. The summed E-state index contributed by atoms with van der Waals surface area (Å²) in [5.41, 5.74) is 0. The van der Waals surface area contributed by atoms with Gasteiger partial charge in [0.2, 0.25) is 0 Å². The van der Waals surface area contributed by atoms with Crippen molar-refractivity contribution in [2.45, 2.75) is 100 Å². The molecule has 0 N–H and O–H groups in total. The molecule has 0 aliphatic carbocycles. The van der Waals surface area contributed by atoms with E-state index in [1.165, 1.54) is 0 Å². The van der Waals surface area contributed by atoms with Crippen molar-refractivity contribution in [3.8, 4) is 0 Å². The number of rotatable bonds is 1. The fourth-order valence-electron chi connectivity index (χ4n) is 0.375. The van der Waals surface area contributed by atoms with E-state index >= 15 is 0 Å². The van der Waals surface area contributed by atoms with Gasteiger partial charge in [-0.25, -0.2) is 0 Å². The molecule has 0 aliphatic heterocycles. The molecule has 0 amide bonds. The van der Waals surface area contributed by atoms with E-state index in [1.54, 1.807) is 0 Å². The van der Waals surface area contributed by atoms with Gasteiger partial charge in [-0.05, 0) is 10.3 Å². The average molecular weight is 536 g/mol. The van der Waals surface area contributed by atoms with Crippen LogP contribution in [0.3, 0.4) is 0 Å². The van der Waals surface area contributed by atoms with Gasteiger partial charge in [-0.2, -0.15) is 0 Å². The van der Waals surface area contributed by atoms with Gasteiger partial charge in [0.1, 0.15) is 0 Å². The van der Waals surface area contributed by atoms with Gasteiger partial charge in [0.25, 0.3) is 0 Å². The zero-order chi connectivity index (χ0) is 17.4. The summed E-state index contributed by atoms with van der Waals surface area (Å²) in [5.74, 6) is 0. The molecule has 0 aromatic heterocycles. The Balaban J connectivity index is -0.000000244. The van der Waals surface area contributed by atoms with Crippen LogP contribution in [0.4, 0.5) is 0 Å². The summed E-state index contributed by atoms with van der Waals surface area (Å²) in [4.78, 5) is 0. The summed E-state index contributed by atoms with van der Waals surface area (Å²) < 4.78 is 1.10. The quantitative estimate of drug-likeness (QED) is 0.262. The third-order valence-electron chi connectivity index (χ3n) is 0.812. The number of hydrogen-bond donors (Lipinski definition) is 0. The van der Waals surface area contributed by atoms with Gasteiger partial charge in [-0.1, -0.05) is 58.1 Å². The van der Waals surface area contributed by atoms with E-state index in [4.69, 9.17) is 0 Å². The number of hydrogen-bond acceptors (Lipinski definition) is 0. The van der Waals surface area contributed by atoms with Crippen LogP contribution >= 0.6 is 16.5 Å². The molecule has 4 heteroatoms. The molecule has 0 spiro atoms. The van der Waals surface area contributed by atoms with Gasteiger partial charge in [-0.15, -0.1) is 0 Å². The summed E-state index contributed by atoms with van der Waals surface area (Å²) in [6.45, 7) is 27.2. The molecule has 0 bridgehead atoms. The van der Waals surface area contributed by atoms with E-state index in [9.17, 15) is 0 Å². The standard InChI is InChI=1S/C8H20P2.2C4H9.2Sb/c1-7(2,3)9-10-8(4,5)6;2*1-4(2)3;;/h9-10H,1-6H3;2*1-3H3;;. The first kappa shape index (κ1) is 27.3. The summed E-state index contributed by atoms with van der Waals surface area (Å²) in [7, 11) is 2.24. The minimum atomic E-state index is 0.547. The Hall–Kier alpha value is 2.50. The Bertz CT molecular complexity index is 187. The summed E-state index contributed by atoms with van der Waals surface area (Å²) in [6, 6.07) is 0. The third-order valence-corrected chi connectivity index (χ3v) is 7.31. The fourth-order valence-corrected chi connectivity index (χ4v) is 3.38. The maximum atomic E-state index is 2.32. The molecule has 0 rings (SSSR count). The molecule has 0 aliphatic rings. The van der Waals surface area contributed by atoms with Crippen LogP contribution in [-0.2, 0) is 0 Å². The van der Waals surface area contributed by atoms with Crippen molar-refractivity contribution in [2.75, 3.05) is 0 Å². The molecular formula is C16H38P2Sb2. The van der Waals surface area contributed by atoms with Crippen LogP contribution in [-0.4, -0.2) is 56.4 Å². The van der Waals surface area contributed by atoms with Crippen molar-refractivity contribution < 1.29 is 0 Å². The molecule has 0 aromatic rings. The van der Waals surface area contributed by atoms with Crippen LogP contribution in [0.5, 0.6) is 0 Å². The first-order valence-corrected chi connectivity index (χ1v) is 12.8. The Morgan fingerprint density at radius 1 is 0.450 bits per heavy atom. The molecule has 0 aromatic carbocycles. The molecule has 20 heavy (non-hydrogen) atoms. The second-order valence-corrected chi connectivity index (χ2v) is 21.8. The molecule has 122 valence electrons. The van der Waals surface area contributed by atoms with Crippen molar-refractivity contribution in [1.29, 1.82) is 0 Å². The molecule has 4 radical (unpaired) electrons. The second kappa shape index (κ2) is 11.1. The normalized spacial score (nSPS) is 14.1. The van der Waals surface area contributed by atoms with Crippen molar-refractivity contribution in [1.82, 2.24) is 0 Å². The molecule has 2 atom stereocenters. The van der Waals surface area contributed by atoms with Crippen molar-refractivity contribution in [3.05, 3.63) is 0 Å². The monoisotopic (exact) mass is 534 g/mol. The van der Waals surface area contributed by atoms with Crippen molar-refractivity contribution in [2.24, 2.45) is 0 Å². The Kier molecular flexibility index (Phi) is 15.2. The van der Waals surface area contributed by atoms with E-state index < -0.39 is 0 Å². The Labute approximate surface area is 161 Å². The predicted molar refractivity (Wildman–Crippen MR) is 107 cm³/mol. The van der Waals surface area contributed by atoms with Gasteiger partial charge >= 0.3 is 94.3 Å². The topological polar surface area (TPSA) is 0 Å². The molecule has 0 fully saturated rings. The van der Waals surface area contributed by atoms with Crippen LogP contribution in [0.15, 0.2) is 0 Å². The fraction of sp³-hybridized carbons (Fsp3) is 1.00. The first-order valence-electron chi connectivity index (χ1n) is 7.20. The van der Waals surface area contributed by atoms with Crippen LogP contribution in [0.1, 0.15) is 83.1 Å². The van der Waals surface area contributed by atoms with E-state index in [0.717, 1.165) is 16.5 Å². The Morgan fingerprint density at radius 2 is 0.550 bits per heavy atom. The van der Waals surface area contributed by atoms with Gasteiger partial charge in [0.15, 0.2) is 0 Å². The summed E-state index contributed by atoms with van der Waals surface area (Å²) in [6.07, 6.45) is 0. The van der Waals surface area contributed by atoms with Crippen molar-refractivity contribution in [3.63, 3.8) is 0 Å². The Morgan fingerprint density at radius 3 is 0.600 bits per heavy atom. The molecule has 0 saturated carbocycles. The van der Waals surface area contributed by atoms with E-state index in [0.29, 0.717) is 17.0 Å².